The molecule has 0 saturated heterocycles. The van der Waals surface area contributed by atoms with Crippen molar-refractivity contribution in [2.24, 2.45) is 0 Å². The van der Waals surface area contributed by atoms with Crippen molar-refractivity contribution in [2.45, 2.75) is 51.6 Å². The molecule has 1 radical (unpaired) electrons. The SMILES string of the molecule is C=C[C]([Si](CCCC)(CCCC)c1ccccc1)S(=O)(=O)O. The molecule has 0 aromatic heterocycles. The van der Waals surface area contributed by atoms with Crippen molar-refractivity contribution in [1.82, 2.24) is 0 Å². The van der Waals surface area contributed by atoms with E-state index in [0.717, 1.165) is 43.0 Å². The highest BCUT2D eigenvalue weighted by Gasteiger charge is 2.47. The molecule has 1 aromatic carbocycles. The fourth-order valence-electron chi connectivity index (χ4n) is 3.06. The van der Waals surface area contributed by atoms with Crippen molar-refractivity contribution in [3.63, 3.8) is 0 Å². The minimum atomic E-state index is -4.22. The van der Waals surface area contributed by atoms with Gasteiger partial charge >= 0.3 is 0 Å². The van der Waals surface area contributed by atoms with E-state index in [2.05, 4.69) is 20.4 Å². The van der Waals surface area contributed by atoms with Crippen LogP contribution in [0.1, 0.15) is 39.5 Å². The van der Waals surface area contributed by atoms with Gasteiger partial charge in [-0.25, -0.2) is 0 Å². The van der Waals surface area contributed by atoms with Gasteiger partial charge in [0.15, 0.2) is 0 Å². The lowest BCUT2D eigenvalue weighted by Crippen LogP contribution is -2.55. The van der Waals surface area contributed by atoms with E-state index in [-0.39, 0.29) is 4.87 Å². The highest BCUT2D eigenvalue weighted by molar-refractivity contribution is 7.91. The third-order valence-corrected chi connectivity index (χ3v) is 11.8. The predicted octanol–water partition coefficient (Wildman–Crippen LogP) is 4.09. The fraction of sp³-hybridized carbons (Fsp3) is 0.471. The van der Waals surface area contributed by atoms with Gasteiger partial charge in [0, 0.05) is 0 Å². The molecule has 0 saturated carbocycles. The Hall–Kier alpha value is -0.913. The second kappa shape index (κ2) is 8.65. The summed E-state index contributed by atoms with van der Waals surface area (Å²) in [6, 6.07) is 11.5. The summed E-state index contributed by atoms with van der Waals surface area (Å²) in [5.74, 6) is 0. The van der Waals surface area contributed by atoms with Crippen molar-refractivity contribution in [3.8, 4) is 0 Å². The Bertz CT molecular complexity index is 547. The highest BCUT2D eigenvalue weighted by Crippen LogP contribution is 2.34. The van der Waals surface area contributed by atoms with E-state index >= 15 is 0 Å². The van der Waals surface area contributed by atoms with Gasteiger partial charge < -0.3 is 0 Å². The molecule has 22 heavy (non-hydrogen) atoms. The molecule has 0 fully saturated rings. The van der Waals surface area contributed by atoms with Gasteiger partial charge in [-0.05, 0) is 0 Å². The van der Waals surface area contributed by atoms with Crippen molar-refractivity contribution in [3.05, 3.63) is 47.9 Å². The van der Waals surface area contributed by atoms with Crippen LogP contribution in [0.25, 0.3) is 0 Å². The lowest BCUT2D eigenvalue weighted by molar-refractivity contribution is 0.489. The molecule has 0 aliphatic rings. The van der Waals surface area contributed by atoms with Crippen molar-refractivity contribution >= 4 is 23.4 Å². The summed E-state index contributed by atoms with van der Waals surface area (Å²) >= 11 is 0. The molecule has 3 nitrogen and oxygen atoms in total. The van der Waals surface area contributed by atoms with Crippen LogP contribution in [-0.4, -0.2) is 21.0 Å². The zero-order valence-corrected chi connectivity index (χ0v) is 15.4. The molecule has 0 amide bonds. The second-order valence-electron chi connectivity index (χ2n) is 5.70. The Labute approximate surface area is 136 Å². The molecule has 1 aromatic rings. The lowest BCUT2D eigenvalue weighted by Gasteiger charge is -2.36. The van der Waals surface area contributed by atoms with Crippen LogP contribution in [-0.2, 0) is 10.1 Å². The van der Waals surface area contributed by atoms with E-state index < -0.39 is 18.2 Å². The average molecular weight is 340 g/mol. The summed E-state index contributed by atoms with van der Waals surface area (Å²) in [4.78, 5) is 0.174. The van der Waals surface area contributed by atoms with Crippen molar-refractivity contribution in [1.29, 1.82) is 0 Å². The molecule has 1 N–H and O–H groups in total. The third-order valence-electron chi connectivity index (χ3n) is 4.18. The fourth-order valence-corrected chi connectivity index (χ4v) is 11.0. The number of rotatable bonds is 10. The normalized spacial score (nSPS) is 12.5. The van der Waals surface area contributed by atoms with Crippen LogP contribution in [0, 0.1) is 4.87 Å². The van der Waals surface area contributed by atoms with E-state index in [1.165, 1.54) is 6.08 Å². The Morgan fingerprint density at radius 1 is 1.14 bits per heavy atom. The molecule has 0 aliphatic carbocycles. The number of hydrogen-bond acceptors (Lipinski definition) is 2. The first-order valence-corrected chi connectivity index (χ1v) is 11.8. The number of benzene rings is 1. The topological polar surface area (TPSA) is 54.4 Å². The van der Waals surface area contributed by atoms with Crippen LogP contribution in [0.3, 0.4) is 0 Å². The number of unbranched alkanes of at least 4 members (excludes halogenated alkanes) is 2. The second-order valence-corrected chi connectivity index (χ2v) is 11.7. The summed E-state index contributed by atoms with van der Waals surface area (Å²) in [6.07, 6.45) is 5.29. The number of hydrogen-bond donors (Lipinski definition) is 1. The van der Waals surface area contributed by atoms with Crippen LogP contribution in [0.5, 0.6) is 0 Å². The zero-order chi connectivity index (χ0) is 16.6. The zero-order valence-electron chi connectivity index (χ0n) is 13.6. The summed E-state index contributed by atoms with van der Waals surface area (Å²) in [7, 11) is -6.74. The van der Waals surface area contributed by atoms with Gasteiger partial charge in [0.2, 0.25) is 0 Å². The molecule has 5 heteroatoms. The van der Waals surface area contributed by atoms with Gasteiger partial charge in [-0.15, -0.1) is 6.58 Å². The monoisotopic (exact) mass is 339 g/mol. The summed E-state index contributed by atoms with van der Waals surface area (Å²) in [5, 5.41) is 1.07. The standard InChI is InChI=1S/C17H27O3SSi/c1-4-7-14-22(15-8-5-2,16-12-10-9-11-13-16)17(6-3)21(18,19)20/h6,9-13H,3-5,7-8,14-15H2,1-2H3,(H,18,19,20). The molecule has 0 bridgehead atoms. The van der Waals surface area contributed by atoms with Crippen LogP contribution < -0.4 is 5.19 Å². The molecule has 0 spiro atoms. The third kappa shape index (κ3) is 4.54. The van der Waals surface area contributed by atoms with Gasteiger partial charge in [-0.2, -0.15) is 8.42 Å². The van der Waals surface area contributed by atoms with Gasteiger partial charge in [-0.1, -0.05) is 93.2 Å². The minimum Gasteiger partial charge on any atom is -0.285 e. The van der Waals surface area contributed by atoms with Gasteiger partial charge in [-0.3, -0.25) is 4.55 Å². The minimum absolute atomic E-state index is 0.174. The van der Waals surface area contributed by atoms with E-state index in [0.29, 0.717) is 0 Å². The summed E-state index contributed by atoms with van der Waals surface area (Å²) in [6.45, 7) is 7.90. The van der Waals surface area contributed by atoms with Crippen LogP contribution >= 0.6 is 0 Å². The molecule has 0 heterocycles. The highest BCUT2D eigenvalue weighted by atomic mass is 32.2. The predicted molar refractivity (Wildman–Crippen MR) is 96.2 cm³/mol. The largest absolute Gasteiger partial charge is 0.285 e. The van der Waals surface area contributed by atoms with Gasteiger partial charge in [0.05, 0.1) is 0 Å². The van der Waals surface area contributed by atoms with E-state index in [1.807, 2.05) is 30.3 Å². The Balaban J connectivity index is 3.45. The molecule has 123 valence electrons. The Kier molecular flexibility index (Phi) is 7.52. The summed E-state index contributed by atoms with van der Waals surface area (Å²) < 4.78 is 33.8. The molecule has 1 rings (SSSR count). The summed E-state index contributed by atoms with van der Waals surface area (Å²) in [5.41, 5.74) is 0. The van der Waals surface area contributed by atoms with Crippen molar-refractivity contribution < 1.29 is 13.0 Å². The van der Waals surface area contributed by atoms with E-state index in [4.69, 9.17) is 0 Å². The average Bonchev–Trinajstić information content (AvgIpc) is 2.49. The Morgan fingerprint density at radius 3 is 2.00 bits per heavy atom. The van der Waals surface area contributed by atoms with Crippen molar-refractivity contribution in [2.75, 3.05) is 0 Å². The van der Waals surface area contributed by atoms with Crippen LogP contribution in [0.4, 0.5) is 0 Å². The maximum atomic E-state index is 12.0. The van der Waals surface area contributed by atoms with Crippen LogP contribution in [0.2, 0.25) is 12.1 Å². The quantitative estimate of drug-likeness (QED) is 0.516. The molecule has 0 atom stereocenters. The first kappa shape index (κ1) is 19.1. The maximum absolute atomic E-state index is 12.0. The van der Waals surface area contributed by atoms with Gasteiger partial charge in [0.1, 0.15) is 12.9 Å². The Morgan fingerprint density at radius 2 is 1.64 bits per heavy atom. The van der Waals surface area contributed by atoms with Gasteiger partial charge in [0.25, 0.3) is 10.1 Å². The molecule has 0 unspecified atom stereocenters. The molecular formula is C17H27O3SSi. The molecule has 0 aliphatic heterocycles. The lowest BCUT2D eigenvalue weighted by atomic mass is 10.4. The van der Waals surface area contributed by atoms with E-state index in [9.17, 15) is 13.0 Å². The first-order chi connectivity index (χ1) is 10.4. The smallest absolute Gasteiger partial charge is 0.273 e. The van der Waals surface area contributed by atoms with E-state index in [1.54, 1.807) is 0 Å². The molecular weight excluding hydrogens is 312 g/mol. The maximum Gasteiger partial charge on any atom is 0.273 e. The first-order valence-electron chi connectivity index (χ1n) is 7.95. The van der Waals surface area contributed by atoms with Crippen LogP contribution in [0.15, 0.2) is 43.0 Å².